The first-order valence-electron chi connectivity index (χ1n) is 12.6. The number of aromatic hydroxyl groups is 1. The molecule has 0 atom stereocenters. The molecule has 2 aromatic carbocycles. The second kappa shape index (κ2) is 11.9. The zero-order valence-corrected chi connectivity index (χ0v) is 21.3. The highest BCUT2D eigenvalue weighted by atomic mass is 16.5. The number of hydrogen-bond donors (Lipinski definition) is 2. The van der Waals surface area contributed by atoms with Gasteiger partial charge in [-0.2, -0.15) is 0 Å². The average molecular weight is 490 g/mol. The Morgan fingerprint density at radius 1 is 1.03 bits per heavy atom. The molecule has 8 nitrogen and oxygen atoms in total. The van der Waals surface area contributed by atoms with Gasteiger partial charge in [0.1, 0.15) is 11.5 Å². The van der Waals surface area contributed by atoms with Crippen molar-refractivity contribution in [1.29, 1.82) is 0 Å². The lowest BCUT2D eigenvalue weighted by molar-refractivity contribution is 0.0947. The van der Waals surface area contributed by atoms with Crippen LogP contribution in [0, 0.1) is 0 Å². The zero-order valence-electron chi connectivity index (χ0n) is 21.3. The quantitative estimate of drug-likeness (QED) is 0.468. The summed E-state index contributed by atoms with van der Waals surface area (Å²) in [6.07, 6.45) is 0.958. The summed E-state index contributed by atoms with van der Waals surface area (Å²) in [5, 5.41) is 21.2. The molecule has 2 N–H and O–H groups in total. The molecular formula is C28H35N5O3. The van der Waals surface area contributed by atoms with Crippen molar-refractivity contribution in [3.05, 3.63) is 65.9 Å². The van der Waals surface area contributed by atoms with Crippen molar-refractivity contribution < 1.29 is 14.6 Å². The predicted molar refractivity (Wildman–Crippen MR) is 141 cm³/mol. The highest BCUT2D eigenvalue weighted by molar-refractivity contribution is 5.92. The molecule has 8 heteroatoms. The summed E-state index contributed by atoms with van der Waals surface area (Å²) in [7, 11) is 0. The van der Waals surface area contributed by atoms with Crippen molar-refractivity contribution in [2.24, 2.45) is 0 Å². The minimum Gasteiger partial charge on any atom is -0.508 e. The van der Waals surface area contributed by atoms with E-state index in [1.165, 1.54) is 5.56 Å². The largest absolute Gasteiger partial charge is 0.508 e. The van der Waals surface area contributed by atoms with Gasteiger partial charge in [-0.25, -0.2) is 0 Å². The summed E-state index contributed by atoms with van der Waals surface area (Å²) < 4.78 is 6.03. The molecule has 2 heterocycles. The molecule has 0 saturated carbocycles. The lowest BCUT2D eigenvalue weighted by atomic mass is 10.0. The van der Waals surface area contributed by atoms with Gasteiger partial charge in [0.15, 0.2) is 11.5 Å². The molecule has 1 aliphatic heterocycles. The van der Waals surface area contributed by atoms with Gasteiger partial charge in [-0.05, 0) is 79.4 Å². The topological polar surface area (TPSA) is 90.8 Å². The van der Waals surface area contributed by atoms with Crippen molar-refractivity contribution >= 4 is 11.7 Å². The third kappa shape index (κ3) is 6.73. The number of phenols is 1. The molecule has 0 spiro atoms. The van der Waals surface area contributed by atoms with Crippen LogP contribution in [0.5, 0.6) is 11.5 Å². The molecule has 4 rings (SSSR count). The van der Waals surface area contributed by atoms with Crippen molar-refractivity contribution in [2.75, 3.05) is 37.6 Å². The Labute approximate surface area is 212 Å². The van der Waals surface area contributed by atoms with E-state index in [1.54, 1.807) is 18.2 Å². The Morgan fingerprint density at radius 2 is 1.83 bits per heavy atom. The Balaban J connectivity index is 1.40. The predicted octanol–water partition coefficient (Wildman–Crippen LogP) is 4.10. The number of ether oxygens (including phenoxy) is 1. The third-order valence-corrected chi connectivity index (χ3v) is 6.04. The van der Waals surface area contributed by atoms with Crippen LogP contribution < -0.4 is 15.0 Å². The third-order valence-electron chi connectivity index (χ3n) is 6.04. The van der Waals surface area contributed by atoms with E-state index in [-0.39, 0.29) is 17.8 Å². The zero-order chi connectivity index (χ0) is 25.5. The van der Waals surface area contributed by atoms with Crippen LogP contribution in [0.1, 0.15) is 43.2 Å². The van der Waals surface area contributed by atoms with Crippen LogP contribution in [0.25, 0.3) is 11.1 Å². The van der Waals surface area contributed by atoms with Gasteiger partial charge in [0.05, 0.1) is 6.10 Å². The number of anilines is 1. The number of carbonyl (C=O) groups is 1. The second-order valence-corrected chi connectivity index (χ2v) is 9.38. The summed E-state index contributed by atoms with van der Waals surface area (Å²) in [4.78, 5) is 16.7. The Hall–Kier alpha value is -3.65. The van der Waals surface area contributed by atoms with E-state index >= 15 is 0 Å². The number of hydrogen-bond acceptors (Lipinski definition) is 7. The van der Waals surface area contributed by atoms with E-state index in [4.69, 9.17) is 4.74 Å². The molecule has 36 heavy (non-hydrogen) atoms. The second-order valence-electron chi connectivity index (χ2n) is 9.38. The van der Waals surface area contributed by atoms with Crippen LogP contribution in [-0.2, 0) is 6.54 Å². The smallest absolute Gasteiger partial charge is 0.271 e. The summed E-state index contributed by atoms with van der Waals surface area (Å²) >= 11 is 0. The number of nitrogens with zero attached hydrogens (tertiary/aromatic N) is 4. The molecule has 0 bridgehead atoms. The average Bonchev–Trinajstić information content (AvgIpc) is 2.87. The van der Waals surface area contributed by atoms with Crippen molar-refractivity contribution in [3.63, 3.8) is 0 Å². The Bertz CT molecular complexity index is 1160. The van der Waals surface area contributed by atoms with Crippen molar-refractivity contribution in [2.45, 2.75) is 39.8 Å². The number of piperazine rings is 1. The number of amides is 1. The van der Waals surface area contributed by atoms with Crippen LogP contribution in [0.4, 0.5) is 5.82 Å². The van der Waals surface area contributed by atoms with Crippen molar-refractivity contribution in [3.8, 4) is 22.6 Å². The van der Waals surface area contributed by atoms with E-state index in [0.717, 1.165) is 61.8 Å². The summed E-state index contributed by atoms with van der Waals surface area (Å²) in [5.41, 5.74) is 3.50. The first kappa shape index (κ1) is 25.4. The van der Waals surface area contributed by atoms with E-state index in [9.17, 15) is 9.90 Å². The normalized spacial score (nSPS) is 14.2. The fourth-order valence-corrected chi connectivity index (χ4v) is 4.28. The number of carbonyl (C=O) groups excluding carboxylic acids is 1. The number of nitrogens with one attached hydrogen (secondary N) is 1. The fourth-order valence-electron chi connectivity index (χ4n) is 4.28. The van der Waals surface area contributed by atoms with Gasteiger partial charge >= 0.3 is 0 Å². The van der Waals surface area contributed by atoms with Gasteiger partial charge in [-0.15, -0.1) is 10.2 Å². The van der Waals surface area contributed by atoms with Crippen LogP contribution in [0.3, 0.4) is 0 Å². The van der Waals surface area contributed by atoms with E-state index in [0.29, 0.717) is 12.2 Å². The molecule has 0 radical (unpaired) electrons. The first-order valence-corrected chi connectivity index (χ1v) is 12.6. The highest BCUT2D eigenvalue weighted by Crippen LogP contribution is 2.29. The molecule has 1 saturated heterocycles. The van der Waals surface area contributed by atoms with E-state index < -0.39 is 0 Å². The lowest BCUT2D eigenvalue weighted by Gasteiger charge is -2.35. The molecule has 0 unspecified atom stereocenters. The van der Waals surface area contributed by atoms with Gasteiger partial charge < -0.3 is 20.1 Å². The summed E-state index contributed by atoms with van der Waals surface area (Å²) in [6.45, 7) is 10.9. The minimum atomic E-state index is -0.186. The standard InChI is InChI=1S/C28H35N5O3/c1-4-10-29-28(35)26-8-9-27(31-30-26)33-13-11-32(12-14-33)19-21-15-23(18-25(16-21)36-20(2)3)22-6-5-7-24(34)17-22/h5-9,15-18,20,34H,4,10-14,19H2,1-3H3,(H,29,35). The number of rotatable bonds is 9. The Kier molecular flexibility index (Phi) is 8.38. The molecule has 1 aliphatic rings. The number of benzene rings is 2. The summed E-state index contributed by atoms with van der Waals surface area (Å²) in [5.74, 6) is 1.69. The van der Waals surface area contributed by atoms with E-state index in [1.807, 2.05) is 45.0 Å². The lowest BCUT2D eigenvalue weighted by Crippen LogP contribution is -2.46. The SMILES string of the molecule is CCCNC(=O)c1ccc(N2CCN(Cc3cc(OC(C)C)cc(-c4cccc(O)c4)c3)CC2)nn1. The molecule has 3 aromatic rings. The molecule has 1 aromatic heterocycles. The maximum Gasteiger partial charge on any atom is 0.271 e. The van der Waals surface area contributed by atoms with Crippen LogP contribution in [0.2, 0.25) is 0 Å². The molecule has 190 valence electrons. The Morgan fingerprint density at radius 3 is 2.50 bits per heavy atom. The highest BCUT2D eigenvalue weighted by Gasteiger charge is 2.20. The van der Waals surface area contributed by atoms with Gasteiger partial charge in [-0.1, -0.05) is 19.1 Å². The van der Waals surface area contributed by atoms with Crippen molar-refractivity contribution in [1.82, 2.24) is 20.4 Å². The molecule has 0 aliphatic carbocycles. The molecule has 1 amide bonds. The van der Waals surface area contributed by atoms with E-state index in [2.05, 4.69) is 37.4 Å². The van der Waals surface area contributed by atoms with Gasteiger partial charge in [-0.3, -0.25) is 9.69 Å². The molecular weight excluding hydrogens is 454 g/mol. The molecule has 1 fully saturated rings. The van der Waals surface area contributed by atoms with Gasteiger partial charge in [0.25, 0.3) is 5.91 Å². The monoisotopic (exact) mass is 489 g/mol. The van der Waals surface area contributed by atoms with Gasteiger partial charge in [0.2, 0.25) is 0 Å². The van der Waals surface area contributed by atoms with Crippen LogP contribution >= 0.6 is 0 Å². The number of aromatic nitrogens is 2. The minimum absolute atomic E-state index is 0.0750. The maximum atomic E-state index is 12.1. The van der Waals surface area contributed by atoms with Crippen LogP contribution in [0.15, 0.2) is 54.6 Å². The first-order chi connectivity index (χ1) is 17.4. The fraction of sp³-hybridized carbons (Fsp3) is 0.393. The van der Waals surface area contributed by atoms with Crippen LogP contribution in [-0.4, -0.2) is 64.9 Å². The maximum absolute atomic E-state index is 12.1. The summed E-state index contributed by atoms with van der Waals surface area (Å²) in [6, 6.07) is 17.2. The number of phenolic OH excluding ortho intramolecular Hbond substituents is 1. The van der Waals surface area contributed by atoms with Gasteiger partial charge in [0, 0.05) is 39.3 Å².